The Hall–Kier alpha value is -3.24. The topological polar surface area (TPSA) is 122 Å². The number of phenols is 1. The molecule has 0 unspecified atom stereocenters. The van der Waals surface area contributed by atoms with Crippen molar-refractivity contribution in [3.05, 3.63) is 52.5 Å². The zero-order valence-corrected chi connectivity index (χ0v) is 16.3. The van der Waals surface area contributed by atoms with Crippen molar-refractivity contribution in [2.45, 2.75) is 5.16 Å². The van der Waals surface area contributed by atoms with E-state index in [1.165, 1.54) is 24.0 Å². The third-order valence-electron chi connectivity index (χ3n) is 3.86. The average molecular weight is 432 g/mol. The molecule has 9 nitrogen and oxygen atoms in total. The number of carbonyl (C=O) groups is 1. The molecule has 0 spiro atoms. The Morgan fingerprint density at radius 3 is 3.07 bits per heavy atom. The number of anilines is 1. The van der Waals surface area contributed by atoms with Gasteiger partial charge in [0.05, 0.1) is 12.0 Å². The van der Waals surface area contributed by atoms with Gasteiger partial charge in [0.1, 0.15) is 5.75 Å². The van der Waals surface area contributed by atoms with E-state index in [1.807, 2.05) is 0 Å². The summed E-state index contributed by atoms with van der Waals surface area (Å²) in [6.45, 7) is 0.161. The molecular weight excluding hydrogens is 418 g/mol. The number of hydrogen-bond donors (Lipinski definition) is 3. The number of aromatic nitrogens is 3. The van der Waals surface area contributed by atoms with E-state index in [-0.39, 0.29) is 24.1 Å². The number of halogens is 1. The highest BCUT2D eigenvalue weighted by atomic mass is 35.5. The summed E-state index contributed by atoms with van der Waals surface area (Å²) in [5.41, 5.74) is 3.65. The molecule has 1 aromatic heterocycles. The number of rotatable bonds is 7. The highest BCUT2D eigenvalue weighted by Gasteiger charge is 2.17. The predicted molar refractivity (Wildman–Crippen MR) is 108 cm³/mol. The molecule has 3 aromatic rings. The molecule has 0 atom stereocenters. The van der Waals surface area contributed by atoms with Crippen molar-refractivity contribution in [3.8, 4) is 17.2 Å². The molecule has 0 saturated heterocycles. The largest absolute Gasteiger partial charge is 0.507 e. The molecule has 0 radical (unpaired) electrons. The van der Waals surface area contributed by atoms with E-state index < -0.39 is 0 Å². The number of Topliss-reactive ketones (excluding diaryl/α,β-unsaturated/α-hetero) is 1. The van der Waals surface area contributed by atoms with E-state index in [1.54, 1.807) is 30.3 Å². The number of aromatic amines is 1. The minimum absolute atomic E-state index is 0.0517. The van der Waals surface area contributed by atoms with Crippen LogP contribution in [0.4, 0.5) is 5.95 Å². The van der Waals surface area contributed by atoms with Gasteiger partial charge < -0.3 is 14.6 Å². The molecule has 2 aromatic carbocycles. The molecule has 3 N–H and O–H groups in total. The van der Waals surface area contributed by atoms with Gasteiger partial charge in [0, 0.05) is 16.1 Å². The molecule has 0 aliphatic carbocycles. The van der Waals surface area contributed by atoms with E-state index in [9.17, 15) is 9.90 Å². The molecule has 0 bridgehead atoms. The number of aromatic hydroxyl groups is 1. The van der Waals surface area contributed by atoms with Gasteiger partial charge in [-0.1, -0.05) is 23.4 Å². The molecule has 0 fully saturated rings. The maximum atomic E-state index is 12.4. The third-order valence-corrected chi connectivity index (χ3v) is 4.94. The predicted octanol–water partition coefficient (Wildman–Crippen LogP) is 3.31. The molecule has 148 valence electrons. The number of ether oxygens (including phenoxy) is 2. The third kappa shape index (κ3) is 4.61. The SMILES string of the molecule is O=C(CSc1n[nH]c(N/N=C/c2cc(Cl)ccc2O)n1)c1ccc2c(c1)OCO2. The fraction of sp³-hybridized carbons (Fsp3) is 0.111. The van der Waals surface area contributed by atoms with E-state index in [0.717, 1.165) is 0 Å². The molecule has 1 aliphatic rings. The van der Waals surface area contributed by atoms with Crippen molar-refractivity contribution in [3.63, 3.8) is 0 Å². The molecule has 0 saturated carbocycles. The smallest absolute Gasteiger partial charge is 0.240 e. The second kappa shape index (κ2) is 8.41. The summed E-state index contributed by atoms with van der Waals surface area (Å²) in [6.07, 6.45) is 1.40. The maximum Gasteiger partial charge on any atom is 0.240 e. The first-order chi connectivity index (χ1) is 14.1. The standard InChI is InChI=1S/C18H14ClN5O4S/c19-12-2-3-13(25)11(5-12)7-20-22-17-21-18(24-23-17)29-8-14(26)10-1-4-15-16(6-10)28-9-27-15/h1-7,25H,8-9H2,(H2,21,22,23,24)/b20-7+. The fourth-order valence-corrected chi connectivity index (χ4v) is 3.31. The lowest BCUT2D eigenvalue weighted by Crippen LogP contribution is -2.02. The minimum Gasteiger partial charge on any atom is -0.507 e. The number of thioether (sulfide) groups is 1. The van der Waals surface area contributed by atoms with Crippen molar-refractivity contribution in [2.24, 2.45) is 5.10 Å². The van der Waals surface area contributed by atoms with Gasteiger partial charge >= 0.3 is 0 Å². The van der Waals surface area contributed by atoms with Gasteiger partial charge in [-0.15, -0.1) is 5.10 Å². The van der Waals surface area contributed by atoms with Gasteiger partial charge in [-0.25, -0.2) is 10.5 Å². The first-order valence-electron chi connectivity index (χ1n) is 8.34. The summed E-state index contributed by atoms with van der Waals surface area (Å²) in [6, 6.07) is 9.70. The number of hydrogen-bond acceptors (Lipinski definition) is 9. The molecule has 1 aliphatic heterocycles. The Labute approximate surface area is 174 Å². The monoisotopic (exact) mass is 431 g/mol. The van der Waals surface area contributed by atoms with Crippen LogP contribution in [0, 0.1) is 0 Å². The molecule has 0 amide bonds. The lowest BCUT2D eigenvalue weighted by Gasteiger charge is -2.01. The Morgan fingerprint density at radius 1 is 1.31 bits per heavy atom. The van der Waals surface area contributed by atoms with E-state index >= 15 is 0 Å². The summed E-state index contributed by atoms with van der Waals surface area (Å²) < 4.78 is 10.5. The Bertz CT molecular complexity index is 1090. The molecule has 29 heavy (non-hydrogen) atoms. The molecule has 4 rings (SSSR count). The second-order valence-corrected chi connectivity index (χ2v) is 7.20. The summed E-state index contributed by atoms with van der Waals surface area (Å²) in [4.78, 5) is 16.5. The zero-order valence-electron chi connectivity index (χ0n) is 14.8. The maximum absolute atomic E-state index is 12.4. The van der Waals surface area contributed by atoms with Crippen LogP contribution in [0.2, 0.25) is 5.02 Å². The first kappa shape index (κ1) is 19.1. The van der Waals surface area contributed by atoms with Gasteiger partial charge in [-0.3, -0.25) is 4.79 Å². The summed E-state index contributed by atoms with van der Waals surface area (Å²) >= 11 is 7.07. The zero-order chi connectivity index (χ0) is 20.2. The van der Waals surface area contributed by atoms with Gasteiger partial charge in [-0.2, -0.15) is 10.1 Å². The van der Waals surface area contributed by atoms with Crippen LogP contribution >= 0.6 is 23.4 Å². The molecule has 2 heterocycles. The highest BCUT2D eigenvalue weighted by Crippen LogP contribution is 2.33. The second-order valence-electron chi connectivity index (χ2n) is 5.82. The highest BCUT2D eigenvalue weighted by molar-refractivity contribution is 7.99. The quantitative estimate of drug-likeness (QED) is 0.225. The number of carbonyl (C=O) groups excluding carboxylic acids is 1. The number of nitrogens with one attached hydrogen (secondary N) is 2. The van der Waals surface area contributed by atoms with Crippen LogP contribution in [0.3, 0.4) is 0 Å². The normalized spacial score (nSPS) is 12.4. The number of ketones is 1. The Balaban J connectivity index is 1.31. The van der Waals surface area contributed by atoms with Crippen molar-refractivity contribution in [2.75, 3.05) is 18.0 Å². The van der Waals surface area contributed by atoms with Crippen molar-refractivity contribution >= 4 is 41.3 Å². The van der Waals surface area contributed by atoms with Gasteiger partial charge in [0.2, 0.25) is 17.9 Å². The average Bonchev–Trinajstić information content (AvgIpc) is 3.37. The number of benzene rings is 2. The summed E-state index contributed by atoms with van der Waals surface area (Å²) in [7, 11) is 0. The minimum atomic E-state index is -0.0814. The van der Waals surface area contributed by atoms with Crippen molar-refractivity contribution in [1.29, 1.82) is 0 Å². The number of nitrogens with zero attached hydrogens (tertiary/aromatic N) is 3. The lowest BCUT2D eigenvalue weighted by atomic mass is 10.1. The van der Waals surface area contributed by atoms with Gasteiger partial charge in [0.15, 0.2) is 17.3 Å². The first-order valence-corrected chi connectivity index (χ1v) is 9.70. The van der Waals surface area contributed by atoms with Crippen LogP contribution < -0.4 is 14.9 Å². The number of fused-ring (bicyclic) bond motifs is 1. The van der Waals surface area contributed by atoms with Gasteiger partial charge in [-0.05, 0) is 36.4 Å². The fourth-order valence-electron chi connectivity index (χ4n) is 2.44. The number of phenolic OH excluding ortho intramolecular Hbond substituents is 1. The van der Waals surface area contributed by atoms with Crippen LogP contribution in [0.5, 0.6) is 17.2 Å². The number of H-pyrrole nitrogens is 1. The van der Waals surface area contributed by atoms with E-state index in [2.05, 4.69) is 25.7 Å². The van der Waals surface area contributed by atoms with Crippen LogP contribution in [-0.2, 0) is 0 Å². The van der Waals surface area contributed by atoms with E-state index in [0.29, 0.717) is 38.8 Å². The summed E-state index contributed by atoms with van der Waals surface area (Å²) in [5.74, 6) is 1.62. The Morgan fingerprint density at radius 2 is 2.17 bits per heavy atom. The van der Waals surface area contributed by atoms with Crippen LogP contribution in [-0.4, -0.2) is 44.8 Å². The summed E-state index contributed by atoms with van der Waals surface area (Å²) in [5, 5.41) is 21.3. The van der Waals surface area contributed by atoms with Gasteiger partial charge in [0.25, 0.3) is 0 Å². The van der Waals surface area contributed by atoms with Crippen molar-refractivity contribution in [1.82, 2.24) is 15.2 Å². The van der Waals surface area contributed by atoms with Crippen LogP contribution in [0.25, 0.3) is 0 Å². The molecular formula is C18H14ClN5O4S. The van der Waals surface area contributed by atoms with Crippen molar-refractivity contribution < 1.29 is 19.4 Å². The van der Waals surface area contributed by atoms with Crippen LogP contribution in [0.15, 0.2) is 46.7 Å². The van der Waals surface area contributed by atoms with E-state index in [4.69, 9.17) is 21.1 Å². The lowest BCUT2D eigenvalue weighted by molar-refractivity contribution is 0.102. The van der Waals surface area contributed by atoms with Crippen LogP contribution in [0.1, 0.15) is 15.9 Å². The number of hydrazone groups is 1. The Kier molecular flexibility index (Phi) is 5.54. The molecule has 11 heteroatoms.